The van der Waals surface area contributed by atoms with Gasteiger partial charge >= 0.3 is 0 Å². The Kier molecular flexibility index (Phi) is 3.59. The molecular formula is C24H28N2. The molecule has 2 heteroatoms. The lowest BCUT2D eigenvalue weighted by Gasteiger charge is -2.51. The molecule has 26 heavy (non-hydrogen) atoms. The fourth-order valence-corrected chi connectivity index (χ4v) is 5.01. The van der Waals surface area contributed by atoms with Crippen LogP contribution in [0.15, 0.2) is 66.4 Å². The molecule has 2 aliphatic heterocycles. The van der Waals surface area contributed by atoms with E-state index in [0.29, 0.717) is 0 Å². The van der Waals surface area contributed by atoms with Gasteiger partial charge in [-0.1, -0.05) is 36.4 Å². The lowest BCUT2D eigenvalue weighted by atomic mass is 9.83. The van der Waals surface area contributed by atoms with Gasteiger partial charge in [0, 0.05) is 16.9 Å². The number of hydrogen-bond donors (Lipinski definition) is 0. The molecule has 0 spiro atoms. The van der Waals surface area contributed by atoms with Crippen molar-refractivity contribution >= 4 is 22.6 Å². The fourth-order valence-electron chi connectivity index (χ4n) is 5.01. The first-order valence-corrected chi connectivity index (χ1v) is 9.40. The summed E-state index contributed by atoms with van der Waals surface area (Å²) < 4.78 is 0. The van der Waals surface area contributed by atoms with Crippen LogP contribution >= 0.6 is 0 Å². The van der Waals surface area contributed by atoms with Crippen LogP contribution in [0.4, 0.5) is 17.1 Å². The number of hydrogen-bond acceptors (Lipinski definition) is 2. The first-order valence-electron chi connectivity index (χ1n) is 9.40. The zero-order valence-electron chi connectivity index (χ0n) is 16.7. The van der Waals surface area contributed by atoms with E-state index in [1.54, 1.807) is 0 Å². The highest BCUT2D eigenvalue weighted by Gasteiger charge is 2.43. The smallest absolute Gasteiger partial charge is 0.0701 e. The second kappa shape index (κ2) is 5.51. The minimum absolute atomic E-state index is 0.0554. The Morgan fingerprint density at radius 3 is 2.08 bits per heavy atom. The van der Waals surface area contributed by atoms with Crippen LogP contribution in [0, 0.1) is 0 Å². The second-order valence-electron chi connectivity index (χ2n) is 8.60. The molecule has 0 N–H and O–H groups in total. The van der Waals surface area contributed by atoms with Crippen LogP contribution in [0.1, 0.15) is 47.1 Å². The molecule has 0 unspecified atom stereocenters. The fraction of sp³-hybridized carbons (Fsp3) is 0.333. The Hall–Kier alpha value is -2.48. The van der Waals surface area contributed by atoms with Crippen molar-refractivity contribution in [3.63, 3.8) is 0 Å². The summed E-state index contributed by atoms with van der Waals surface area (Å²) in [5, 5.41) is 0. The molecule has 0 radical (unpaired) electrons. The average molecular weight is 345 g/mol. The van der Waals surface area contributed by atoms with Crippen molar-refractivity contribution in [1.82, 2.24) is 0 Å². The van der Waals surface area contributed by atoms with Crippen molar-refractivity contribution in [3.8, 4) is 0 Å². The molecule has 0 amide bonds. The largest absolute Gasteiger partial charge is 0.352 e. The van der Waals surface area contributed by atoms with Crippen LogP contribution in [0.3, 0.4) is 0 Å². The Morgan fingerprint density at radius 1 is 0.731 bits per heavy atom. The summed E-state index contributed by atoms with van der Waals surface area (Å²) in [6, 6.07) is 17.4. The van der Waals surface area contributed by atoms with Gasteiger partial charge in [0.25, 0.3) is 0 Å². The third-order valence-electron chi connectivity index (χ3n) is 5.56. The van der Waals surface area contributed by atoms with E-state index in [4.69, 9.17) is 0 Å². The van der Waals surface area contributed by atoms with Gasteiger partial charge in [-0.3, -0.25) is 0 Å². The van der Waals surface area contributed by atoms with Crippen LogP contribution in [0.2, 0.25) is 0 Å². The summed E-state index contributed by atoms with van der Waals surface area (Å²) >= 11 is 0. The summed E-state index contributed by atoms with van der Waals surface area (Å²) in [6.07, 6.45) is 4.81. The van der Waals surface area contributed by atoms with Crippen LogP contribution in [-0.2, 0) is 0 Å². The Bertz CT molecular complexity index is 916. The summed E-state index contributed by atoms with van der Waals surface area (Å²) in [5.41, 5.74) is 7.59. The van der Waals surface area contributed by atoms with Crippen LogP contribution in [0.5, 0.6) is 0 Å². The first kappa shape index (κ1) is 17.0. The van der Waals surface area contributed by atoms with Crippen molar-refractivity contribution in [2.24, 2.45) is 0 Å². The highest BCUT2D eigenvalue weighted by molar-refractivity contribution is 5.93. The van der Waals surface area contributed by atoms with Gasteiger partial charge in [0.2, 0.25) is 0 Å². The minimum atomic E-state index is -0.0980. The van der Waals surface area contributed by atoms with Crippen molar-refractivity contribution in [2.45, 2.75) is 52.6 Å². The summed E-state index contributed by atoms with van der Waals surface area (Å²) in [6.45, 7) is 13.7. The summed E-state index contributed by atoms with van der Waals surface area (Å²) in [7, 11) is 0. The highest BCUT2D eigenvalue weighted by Crippen LogP contribution is 2.52. The van der Waals surface area contributed by atoms with E-state index in [1.807, 2.05) is 0 Å². The average Bonchev–Trinajstić information content (AvgIpc) is 2.64. The van der Waals surface area contributed by atoms with Gasteiger partial charge in [0.05, 0.1) is 22.5 Å². The van der Waals surface area contributed by atoms with Gasteiger partial charge in [-0.25, -0.2) is 0 Å². The van der Waals surface area contributed by atoms with E-state index in [1.165, 1.54) is 33.9 Å². The number of allylic oxidation sites excluding steroid dienone is 2. The molecule has 134 valence electrons. The number of nitrogens with zero attached hydrogens (tertiary/aromatic N) is 2. The predicted molar refractivity (Wildman–Crippen MR) is 113 cm³/mol. The van der Waals surface area contributed by atoms with Gasteiger partial charge in [-0.2, -0.15) is 0 Å². The van der Waals surface area contributed by atoms with Crippen molar-refractivity contribution in [2.75, 3.05) is 9.80 Å². The quantitative estimate of drug-likeness (QED) is 0.581. The number of rotatable bonds is 1. The molecule has 0 aliphatic carbocycles. The third-order valence-corrected chi connectivity index (χ3v) is 5.56. The zero-order valence-corrected chi connectivity index (χ0v) is 16.7. The first-order chi connectivity index (χ1) is 12.2. The highest BCUT2D eigenvalue weighted by atomic mass is 15.3. The van der Waals surface area contributed by atoms with Crippen molar-refractivity contribution in [3.05, 3.63) is 71.9 Å². The van der Waals surface area contributed by atoms with Gasteiger partial charge < -0.3 is 9.80 Å². The molecule has 2 aromatic rings. The molecule has 0 bridgehead atoms. The molecule has 0 saturated heterocycles. The molecule has 2 aliphatic rings. The maximum absolute atomic E-state index is 2.59. The number of benzene rings is 2. The SMILES string of the molecule is CC1=CC(C)(C)N2c3c1cccc3N(c1ccccc1)C(C)=CC2(C)C. The Balaban J connectivity index is 2.09. The predicted octanol–water partition coefficient (Wildman–Crippen LogP) is 6.52. The molecule has 2 heterocycles. The monoisotopic (exact) mass is 344 g/mol. The molecule has 0 saturated carbocycles. The molecule has 0 aromatic heterocycles. The standard InChI is InChI=1S/C24H28N2/c1-17-15-23(3,4)26-22-20(17)13-10-14-21(22)25(18(2)16-24(26,5)6)19-11-8-7-9-12-19/h7-16H,1-6H3. The van der Waals surface area contributed by atoms with Gasteiger partial charge in [0.15, 0.2) is 0 Å². The maximum Gasteiger partial charge on any atom is 0.0701 e. The van der Waals surface area contributed by atoms with E-state index < -0.39 is 0 Å². The summed E-state index contributed by atoms with van der Waals surface area (Å²) in [5.74, 6) is 0. The molecule has 0 fully saturated rings. The molecule has 2 nitrogen and oxygen atoms in total. The molecule has 0 atom stereocenters. The lowest BCUT2D eigenvalue weighted by molar-refractivity contribution is 0.441. The molecule has 4 rings (SSSR count). The van der Waals surface area contributed by atoms with Crippen molar-refractivity contribution < 1.29 is 0 Å². The number of para-hydroxylation sites is 2. The van der Waals surface area contributed by atoms with Gasteiger partial charge in [0.1, 0.15) is 0 Å². The van der Waals surface area contributed by atoms with Crippen LogP contribution in [0.25, 0.3) is 5.57 Å². The zero-order chi connectivity index (χ0) is 18.7. The van der Waals surface area contributed by atoms with E-state index >= 15 is 0 Å². The topological polar surface area (TPSA) is 6.48 Å². The van der Waals surface area contributed by atoms with E-state index in [-0.39, 0.29) is 11.1 Å². The second-order valence-corrected chi connectivity index (χ2v) is 8.60. The van der Waals surface area contributed by atoms with Gasteiger partial charge in [-0.15, -0.1) is 0 Å². The van der Waals surface area contributed by atoms with E-state index in [2.05, 4.69) is 112 Å². The van der Waals surface area contributed by atoms with E-state index in [0.717, 1.165) is 0 Å². The normalized spacial score (nSPS) is 20.1. The lowest BCUT2D eigenvalue weighted by Crippen LogP contribution is -2.55. The maximum atomic E-state index is 2.59. The van der Waals surface area contributed by atoms with E-state index in [9.17, 15) is 0 Å². The minimum Gasteiger partial charge on any atom is -0.352 e. The Labute approximate surface area is 157 Å². The summed E-state index contributed by atoms with van der Waals surface area (Å²) in [4.78, 5) is 4.99. The van der Waals surface area contributed by atoms with Crippen molar-refractivity contribution in [1.29, 1.82) is 0 Å². The molecule has 2 aromatic carbocycles. The number of anilines is 3. The molecular weight excluding hydrogens is 316 g/mol. The Morgan fingerprint density at radius 2 is 1.38 bits per heavy atom. The third kappa shape index (κ3) is 2.39. The van der Waals surface area contributed by atoms with Crippen LogP contribution in [-0.4, -0.2) is 11.1 Å². The van der Waals surface area contributed by atoms with Crippen LogP contribution < -0.4 is 9.80 Å². The van der Waals surface area contributed by atoms with Gasteiger partial charge in [-0.05, 0) is 71.4 Å².